The highest BCUT2D eigenvalue weighted by Gasteiger charge is 2.47. The second-order valence-corrected chi connectivity index (χ2v) is 8.62. The Bertz CT molecular complexity index is 654. The van der Waals surface area contributed by atoms with Gasteiger partial charge in [0.05, 0.1) is 18.6 Å². The van der Waals surface area contributed by atoms with Gasteiger partial charge in [0.25, 0.3) is 0 Å². The van der Waals surface area contributed by atoms with Crippen molar-refractivity contribution in [3.8, 4) is 0 Å². The molecular formula is C15H24N3O6P. The number of nitrogens with two attached hydrogens (primary N) is 2. The minimum Gasteiger partial charge on any atom is -0.479 e. The summed E-state index contributed by atoms with van der Waals surface area (Å²) >= 11 is 0. The van der Waals surface area contributed by atoms with Gasteiger partial charge in [0.1, 0.15) is 6.04 Å². The maximum absolute atomic E-state index is 12.4. The molecule has 1 aromatic rings. The maximum Gasteiger partial charge on any atom is 0.330 e. The van der Waals surface area contributed by atoms with Crippen LogP contribution in [0.25, 0.3) is 0 Å². The van der Waals surface area contributed by atoms with Crippen molar-refractivity contribution in [1.82, 2.24) is 5.32 Å². The molecule has 0 spiro atoms. The lowest BCUT2D eigenvalue weighted by molar-refractivity contribution is -0.147. The Hall–Kier alpha value is -1.77. The summed E-state index contributed by atoms with van der Waals surface area (Å²) in [5.74, 6) is -3.61. The molecule has 1 rings (SSSR count). The Morgan fingerprint density at radius 2 is 1.84 bits per heavy atom. The van der Waals surface area contributed by atoms with Crippen LogP contribution in [0, 0.1) is 0 Å². The third-order valence-electron chi connectivity index (χ3n) is 3.79. The highest BCUT2D eigenvalue weighted by atomic mass is 31.2. The quantitative estimate of drug-likeness (QED) is 0.301. The zero-order chi connectivity index (χ0) is 19.3. The Morgan fingerprint density at radius 1 is 1.28 bits per heavy atom. The molecule has 8 N–H and O–H groups in total. The van der Waals surface area contributed by atoms with Gasteiger partial charge in [0.2, 0.25) is 13.3 Å². The summed E-state index contributed by atoms with van der Waals surface area (Å²) < 4.78 is 12.4. The fourth-order valence-electron chi connectivity index (χ4n) is 2.22. The van der Waals surface area contributed by atoms with Crippen LogP contribution in [0.4, 0.5) is 0 Å². The number of hydrogen-bond donors (Lipinski definition) is 6. The van der Waals surface area contributed by atoms with E-state index < -0.39 is 49.4 Å². The molecule has 0 radical (unpaired) electrons. The number of carboxylic acids is 1. The fourth-order valence-corrected chi connectivity index (χ4v) is 3.61. The smallest absolute Gasteiger partial charge is 0.330 e. The van der Waals surface area contributed by atoms with Crippen LogP contribution in [0.5, 0.6) is 0 Å². The number of carboxylic acid groups (broad SMARTS) is 1. The lowest BCUT2D eigenvalue weighted by Crippen LogP contribution is -2.62. The van der Waals surface area contributed by atoms with Gasteiger partial charge < -0.3 is 31.9 Å². The van der Waals surface area contributed by atoms with E-state index in [2.05, 4.69) is 5.32 Å². The number of hydrogen-bond acceptors (Lipinski definition) is 6. The molecule has 0 aliphatic rings. The van der Waals surface area contributed by atoms with Gasteiger partial charge in [-0.05, 0) is 12.5 Å². The number of aliphatic carboxylic acids is 1. The van der Waals surface area contributed by atoms with Crippen LogP contribution in [0.15, 0.2) is 30.3 Å². The average Bonchev–Trinajstić information content (AvgIpc) is 2.54. The third kappa shape index (κ3) is 5.62. The number of aliphatic hydroxyl groups excluding tert-OH is 1. The van der Waals surface area contributed by atoms with Gasteiger partial charge in [-0.15, -0.1) is 0 Å². The molecule has 0 saturated heterocycles. The van der Waals surface area contributed by atoms with Crippen molar-refractivity contribution in [3.63, 3.8) is 0 Å². The Balaban J connectivity index is 3.31. The Labute approximate surface area is 145 Å². The molecule has 0 aromatic heterocycles. The fraction of sp³-hybridized carbons (Fsp3) is 0.467. The largest absolute Gasteiger partial charge is 0.479 e. The Morgan fingerprint density at radius 3 is 2.28 bits per heavy atom. The molecular weight excluding hydrogens is 349 g/mol. The van der Waals surface area contributed by atoms with Crippen molar-refractivity contribution in [2.75, 3.05) is 12.8 Å². The monoisotopic (exact) mass is 373 g/mol. The summed E-state index contributed by atoms with van der Waals surface area (Å²) in [6.07, 6.45) is -1.02. The molecule has 140 valence electrons. The molecule has 4 atom stereocenters. The molecule has 0 fully saturated rings. The van der Waals surface area contributed by atoms with E-state index in [1.165, 1.54) is 6.92 Å². The predicted molar refractivity (Wildman–Crippen MR) is 92.1 cm³/mol. The van der Waals surface area contributed by atoms with Crippen LogP contribution in [0.3, 0.4) is 0 Å². The van der Waals surface area contributed by atoms with E-state index in [1.54, 1.807) is 30.3 Å². The first-order chi connectivity index (χ1) is 11.5. The first-order valence-corrected chi connectivity index (χ1v) is 9.48. The van der Waals surface area contributed by atoms with Gasteiger partial charge in [-0.25, -0.2) is 4.79 Å². The van der Waals surface area contributed by atoms with Crippen molar-refractivity contribution in [3.05, 3.63) is 35.9 Å². The number of amides is 1. The standard InChI is InChI=1S/C15H24N3O6P/c1-10(16)25(23,24)9-15(14(21)22,18-13(20)12(17)8-19)7-11-5-3-2-4-6-11/h2-6,10,12,19H,7-9,16-17H2,1H3,(H,18,20)(H,21,22)(H,23,24)/t10?,12-,15?/m1/s1. The summed E-state index contributed by atoms with van der Waals surface area (Å²) in [6, 6.07) is 6.97. The topological polar surface area (TPSA) is 176 Å². The van der Waals surface area contributed by atoms with Crippen molar-refractivity contribution in [2.45, 2.75) is 30.7 Å². The van der Waals surface area contributed by atoms with Crippen LogP contribution >= 0.6 is 7.37 Å². The molecule has 1 amide bonds. The normalized spacial score (nSPS) is 18.4. The molecule has 3 unspecified atom stereocenters. The molecule has 0 aliphatic heterocycles. The van der Waals surface area contributed by atoms with Gasteiger partial charge in [0, 0.05) is 6.42 Å². The zero-order valence-electron chi connectivity index (χ0n) is 13.8. The van der Waals surface area contributed by atoms with Crippen LogP contribution < -0.4 is 16.8 Å². The van der Waals surface area contributed by atoms with E-state index in [1.807, 2.05) is 0 Å². The molecule has 0 bridgehead atoms. The first-order valence-electron chi connectivity index (χ1n) is 7.57. The maximum atomic E-state index is 12.4. The highest BCUT2D eigenvalue weighted by Crippen LogP contribution is 2.47. The summed E-state index contributed by atoms with van der Waals surface area (Å²) in [5, 5.41) is 21.0. The third-order valence-corrected chi connectivity index (χ3v) is 6.05. The van der Waals surface area contributed by atoms with Gasteiger partial charge in [-0.1, -0.05) is 30.3 Å². The van der Waals surface area contributed by atoms with E-state index in [0.29, 0.717) is 5.56 Å². The van der Waals surface area contributed by atoms with Crippen LogP contribution in [-0.2, 0) is 20.6 Å². The van der Waals surface area contributed by atoms with E-state index >= 15 is 0 Å². The summed E-state index contributed by atoms with van der Waals surface area (Å²) in [6.45, 7) is 0.591. The van der Waals surface area contributed by atoms with E-state index in [-0.39, 0.29) is 6.42 Å². The van der Waals surface area contributed by atoms with Crippen LogP contribution in [-0.4, -0.2) is 57.1 Å². The van der Waals surface area contributed by atoms with Gasteiger partial charge in [0.15, 0.2) is 5.54 Å². The molecule has 9 nitrogen and oxygen atoms in total. The SMILES string of the molecule is CC(N)P(=O)(O)CC(Cc1ccccc1)(NC(=O)[C@H](N)CO)C(=O)O. The zero-order valence-corrected chi connectivity index (χ0v) is 14.7. The van der Waals surface area contributed by atoms with Gasteiger partial charge in [-0.2, -0.15) is 0 Å². The Kier molecular flexibility index (Phi) is 7.28. The van der Waals surface area contributed by atoms with E-state index in [0.717, 1.165) is 0 Å². The summed E-state index contributed by atoms with van der Waals surface area (Å²) in [7, 11) is -4.09. The second-order valence-electron chi connectivity index (χ2n) is 5.98. The number of nitrogens with one attached hydrogen (secondary N) is 1. The van der Waals surface area contributed by atoms with E-state index in [4.69, 9.17) is 16.6 Å². The lowest BCUT2D eigenvalue weighted by Gasteiger charge is -2.34. The summed E-state index contributed by atoms with van der Waals surface area (Å²) in [4.78, 5) is 34.2. The van der Waals surface area contributed by atoms with E-state index in [9.17, 15) is 24.2 Å². The molecule has 0 aliphatic carbocycles. The summed E-state index contributed by atoms with van der Waals surface area (Å²) in [5.41, 5.74) is 9.37. The molecule has 10 heteroatoms. The number of carbonyl (C=O) groups is 2. The van der Waals surface area contributed by atoms with Crippen molar-refractivity contribution in [2.24, 2.45) is 11.5 Å². The second kappa shape index (κ2) is 8.55. The number of rotatable bonds is 9. The van der Waals surface area contributed by atoms with Gasteiger partial charge >= 0.3 is 5.97 Å². The minimum atomic E-state index is -4.09. The number of aliphatic hydroxyl groups is 1. The lowest BCUT2D eigenvalue weighted by atomic mass is 9.92. The first kappa shape index (κ1) is 21.3. The molecule has 0 saturated carbocycles. The minimum absolute atomic E-state index is 0.246. The molecule has 0 heterocycles. The highest BCUT2D eigenvalue weighted by molar-refractivity contribution is 7.58. The average molecular weight is 373 g/mol. The molecule has 25 heavy (non-hydrogen) atoms. The van der Waals surface area contributed by atoms with Crippen molar-refractivity contribution >= 4 is 19.2 Å². The molecule has 1 aromatic carbocycles. The van der Waals surface area contributed by atoms with Crippen molar-refractivity contribution in [1.29, 1.82) is 0 Å². The van der Waals surface area contributed by atoms with Crippen LogP contribution in [0.2, 0.25) is 0 Å². The number of carbonyl (C=O) groups excluding carboxylic acids is 1. The van der Waals surface area contributed by atoms with Gasteiger partial charge in [-0.3, -0.25) is 9.36 Å². The number of benzene rings is 1. The predicted octanol–water partition coefficient (Wildman–Crippen LogP) is -0.937. The van der Waals surface area contributed by atoms with Crippen molar-refractivity contribution < 1.29 is 29.3 Å². The van der Waals surface area contributed by atoms with Crippen LogP contribution in [0.1, 0.15) is 12.5 Å².